The van der Waals surface area contributed by atoms with Crippen molar-refractivity contribution in [3.63, 3.8) is 0 Å². The number of hydrazone groups is 1. The first-order valence-electron chi connectivity index (χ1n) is 9.46. The summed E-state index contributed by atoms with van der Waals surface area (Å²) in [7, 11) is 1.31. The van der Waals surface area contributed by atoms with Crippen molar-refractivity contribution < 1.29 is 14.3 Å². The largest absolute Gasteiger partial charge is 0.465 e. The van der Waals surface area contributed by atoms with Crippen molar-refractivity contribution in [2.24, 2.45) is 5.10 Å². The van der Waals surface area contributed by atoms with Gasteiger partial charge in [-0.15, -0.1) is 0 Å². The van der Waals surface area contributed by atoms with Crippen molar-refractivity contribution in [2.45, 2.75) is 6.54 Å². The molecule has 0 radical (unpaired) electrons. The van der Waals surface area contributed by atoms with Crippen molar-refractivity contribution >= 4 is 18.1 Å². The van der Waals surface area contributed by atoms with Gasteiger partial charge in [-0.3, -0.25) is 14.6 Å². The first-order valence-corrected chi connectivity index (χ1v) is 9.46. The van der Waals surface area contributed by atoms with Gasteiger partial charge in [0.05, 0.1) is 25.4 Å². The second kappa shape index (κ2) is 10.4. The van der Waals surface area contributed by atoms with Crippen LogP contribution in [0.4, 0.5) is 0 Å². The molecule has 2 aromatic rings. The molecule has 1 amide bonds. The Labute approximate surface area is 171 Å². The zero-order valence-corrected chi connectivity index (χ0v) is 16.4. The van der Waals surface area contributed by atoms with E-state index in [0.717, 1.165) is 32.7 Å². The molecule has 1 aliphatic rings. The number of benzene rings is 1. The molecule has 1 fully saturated rings. The molecule has 2 aromatic carbocycles. The smallest absolute Gasteiger partial charge is 0.339 e. The van der Waals surface area contributed by atoms with Crippen molar-refractivity contribution in [1.29, 1.82) is 0 Å². The molecule has 1 saturated heterocycles. The number of hydrogen-bond donors (Lipinski definition) is 1. The van der Waals surface area contributed by atoms with Crippen LogP contribution in [0.15, 0.2) is 47.6 Å². The van der Waals surface area contributed by atoms with Crippen molar-refractivity contribution in [2.75, 3.05) is 39.8 Å². The third-order valence-electron chi connectivity index (χ3n) is 4.72. The minimum Gasteiger partial charge on any atom is -0.465 e. The summed E-state index contributed by atoms with van der Waals surface area (Å²) >= 11 is 0. The summed E-state index contributed by atoms with van der Waals surface area (Å²) in [5.74, 6) is -0.680. The number of rotatable bonds is 7. The minimum absolute atomic E-state index is 0.191. The standard InChI is InChI=1S/C22H24N4O3/c1-29-22(28)20-10-6-5-9-19(20)15-23-24-21(27)17-26-13-11-25(12-14-26)16-18-7-3-2-4-8-18/h2-4,7-10,15H,11-14,16-17H2,1H3,(H,24,27)/b23-15+. The van der Waals surface area contributed by atoms with Gasteiger partial charge >= 0.3 is 5.97 Å². The molecule has 1 aliphatic heterocycles. The molecule has 0 aromatic heterocycles. The normalized spacial score (nSPS) is 15.1. The van der Waals surface area contributed by atoms with Crippen LogP contribution >= 0.6 is 0 Å². The second-order valence-electron chi connectivity index (χ2n) is 6.77. The molecule has 1 heterocycles. The zero-order chi connectivity index (χ0) is 20.5. The fourth-order valence-corrected chi connectivity index (χ4v) is 3.15. The molecular formula is C22H24N4O3. The summed E-state index contributed by atoms with van der Waals surface area (Å²) in [6.07, 6.45) is 1.41. The number of carbonyl (C=O) groups excluding carboxylic acids is 2. The molecule has 0 unspecified atom stereocenters. The Morgan fingerprint density at radius 1 is 1.10 bits per heavy atom. The number of nitrogens with zero attached hydrogens (tertiary/aromatic N) is 3. The predicted octanol–water partition coefficient (Wildman–Crippen LogP) is 1.34. The van der Waals surface area contributed by atoms with E-state index in [0.29, 0.717) is 11.1 Å². The van der Waals surface area contributed by atoms with Gasteiger partial charge in [0.25, 0.3) is 5.91 Å². The molecule has 3 rings (SSSR count). The first-order chi connectivity index (χ1) is 14.2. The van der Waals surface area contributed by atoms with Crippen LogP contribution in [0.2, 0.25) is 0 Å². The number of esters is 1. The summed E-state index contributed by atoms with van der Waals surface area (Å²) in [4.78, 5) is 28.4. The van der Waals surface area contributed by atoms with Crippen LogP contribution in [0.3, 0.4) is 0 Å². The zero-order valence-electron chi connectivity index (χ0n) is 16.4. The number of amides is 1. The Morgan fingerprint density at radius 3 is 2.52 bits per heavy atom. The van der Waals surface area contributed by atoms with Crippen LogP contribution in [0.5, 0.6) is 0 Å². The van der Waals surface area contributed by atoms with Crippen LogP contribution < -0.4 is 5.43 Å². The van der Waals surface area contributed by atoms with Gasteiger partial charge in [0.15, 0.2) is 0 Å². The van der Waals surface area contributed by atoms with E-state index in [1.165, 1.54) is 25.0 Å². The van der Waals surface area contributed by atoms with E-state index in [1.54, 1.807) is 6.07 Å². The Bertz CT molecular complexity index is 846. The van der Waals surface area contributed by atoms with Crippen LogP contribution in [0.25, 0.3) is 0 Å². The number of nitrogens with one attached hydrogen (secondary N) is 1. The van der Waals surface area contributed by atoms with Gasteiger partial charge in [-0.2, -0.15) is 5.10 Å². The summed E-state index contributed by atoms with van der Waals surface area (Å²) in [5, 5.41) is 3.95. The number of ether oxygens (including phenoxy) is 1. The van der Waals surface area contributed by atoms with Crippen molar-refractivity contribution in [1.82, 2.24) is 15.2 Å². The maximum Gasteiger partial charge on any atom is 0.339 e. The Kier molecular flexibility index (Phi) is 7.34. The summed E-state index contributed by atoms with van der Waals surface area (Å²) < 4.78 is 4.72. The number of hydrogen-bond acceptors (Lipinski definition) is 6. The van der Waals surface area contributed by atoms with Gasteiger partial charge in [-0.25, -0.2) is 10.2 Å². The summed E-state index contributed by atoms with van der Waals surface area (Å²) in [5.41, 5.74) is 4.64. The maximum atomic E-state index is 12.2. The topological polar surface area (TPSA) is 74.2 Å². The van der Waals surface area contributed by atoms with Crippen LogP contribution in [-0.2, 0) is 16.1 Å². The van der Waals surface area contributed by atoms with Gasteiger partial charge in [0, 0.05) is 44.4 Å². The molecule has 0 bridgehead atoms. The van der Waals surface area contributed by atoms with Crippen molar-refractivity contribution in [3.05, 3.63) is 71.3 Å². The fourth-order valence-electron chi connectivity index (χ4n) is 3.15. The van der Waals surface area contributed by atoms with E-state index < -0.39 is 5.97 Å². The van der Waals surface area contributed by atoms with Crippen molar-refractivity contribution in [3.8, 4) is 0 Å². The Morgan fingerprint density at radius 2 is 1.79 bits per heavy atom. The molecule has 29 heavy (non-hydrogen) atoms. The highest BCUT2D eigenvalue weighted by molar-refractivity contribution is 5.99. The molecule has 7 heteroatoms. The average molecular weight is 392 g/mol. The highest BCUT2D eigenvalue weighted by Gasteiger charge is 2.18. The number of piperazine rings is 1. The average Bonchev–Trinajstić information content (AvgIpc) is 2.75. The van der Waals surface area contributed by atoms with Crippen LogP contribution in [0.1, 0.15) is 21.5 Å². The highest BCUT2D eigenvalue weighted by atomic mass is 16.5. The maximum absolute atomic E-state index is 12.2. The quantitative estimate of drug-likeness (QED) is 0.437. The first kappa shape index (κ1) is 20.5. The lowest BCUT2D eigenvalue weighted by atomic mass is 10.1. The Balaban J connectivity index is 1.43. The SMILES string of the molecule is COC(=O)c1cc#ccc1/C=N/NC(=O)CN1CCN(Cc2ccccc2)CC1. The lowest BCUT2D eigenvalue weighted by molar-refractivity contribution is -0.122. The lowest BCUT2D eigenvalue weighted by Gasteiger charge is -2.34. The van der Waals surface area contributed by atoms with Crippen LogP contribution in [0, 0.1) is 12.1 Å². The monoisotopic (exact) mass is 392 g/mol. The molecule has 7 nitrogen and oxygen atoms in total. The van der Waals surface area contributed by atoms with E-state index in [2.05, 4.69) is 56.7 Å². The highest BCUT2D eigenvalue weighted by Crippen LogP contribution is 2.08. The number of carbonyl (C=O) groups is 2. The molecule has 0 spiro atoms. The van der Waals surface area contributed by atoms with Gasteiger partial charge < -0.3 is 4.74 Å². The van der Waals surface area contributed by atoms with Gasteiger partial charge in [0.1, 0.15) is 0 Å². The van der Waals surface area contributed by atoms with E-state index >= 15 is 0 Å². The summed E-state index contributed by atoms with van der Waals surface area (Å²) in [6.45, 7) is 4.72. The molecule has 0 saturated carbocycles. The molecule has 0 atom stereocenters. The molecule has 150 valence electrons. The third kappa shape index (κ3) is 6.14. The lowest BCUT2D eigenvalue weighted by Crippen LogP contribution is -2.48. The van der Waals surface area contributed by atoms with Gasteiger partial charge in [-0.05, 0) is 11.6 Å². The minimum atomic E-state index is -0.489. The van der Waals surface area contributed by atoms with Gasteiger partial charge in [0.2, 0.25) is 0 Å². The predicted molar refractivity (Wildman–Crippen MR) is 109 cm³/mol. The fraction of sp³-hybridized carbons (Fsp3) is 0.318. The van der Waals surface area contributed by atoms with E-state index in [9.17, 15) is 9.59 Å². The van der Waals surface area contributed by atoms with E-state index in [4.69, 9.17) is 4.74 Å². The van der Waals surface area contributed by atoms with Gasteiger partial charge in [-0.1, -0.05) is 42.5 Å². The third-order valence-corrected chi connectivity index (χ3v) is 4.72. The van der Waals surface area contributed by atoms with Crippen LogP contribution in [-0.4, -0.2) is 67.7 Å². The molecule has 0 aliphatic carbocycles. The number of methoxy groups -OCH3 is 1. The van der Waals surface area contributed by atoms with E-state index in [1.807, 2.05) is 6.07 Å². The van der Waals surface area contributed by atoms with E-state index in [-0.39, 0.29) is 12.5 Å². The summed E-state index contributed by atoms with van der Waals surface area (Å²) in [6, 6.07) is 18.9. The molecular weight excluding hydrogens is 368 g/mol. The second-order valence-corrected chi connectivity index (χ2v) is 6.77. The molecule has 1 N–H and O–H groups in total. The Hall–Kier alpha value is -3.21.